The second kappa shape index (κ2) is 10.1. The van der Waals surface area contributed by atoms with Crippen LogP contribution in [0, 0.1) is 6.92 Å². The smallest absolute Gasteiger partial charge is 0.342 e. The van der Waals surface area contributed by atoms with E-state index in [0.29, 0.717) is 18.1 Å². The summed E-state index contributed by atoms with van der Waals surface area (Å²) < 4.78 is 22.3. The third-order valence-electron chi connectivity index (χ3n) is 5.11. The maximum absolute atomic E-state index is 12.3. The van der Waals surface area contributed by atoms with Gasteiger partial charge in [-0.25, -0.2) is 4.79 Å². The van der Waals surface area contributed by atoms with E-state index < -0.39 is 25.9 Å². The van der Waals surface area contributed by atoms with E-state index in [1.165, 1.54) is 0 Å². The van der Waals surface area contributed by atoms with Crippen LogP contribution in [0.25, 0.3) is 0 Å². The largest absolute Gasteiger partial charge is 0.507 e. The minimum Gasteiger partial charge on any atom is -0.507 e. The maximum atomic E-state index is 12.3. The van der Waals surface area contributed by atoms with Gasteiger partial charge in [-0.3, -0.25) is 9.88 Å². The van der Waals surface area contributed by atoms with Gasteiger partial charge in [-0.05, 0) is 51.7 Å². The van der Waals surface area contributed by atoms with Crippen LogP contribution in [-0.4, -0.2) is 35.9 Å². The zero-order valence-electron chi connectivity index (χ0n) is 17.7. The summed E-state index contributed by atoms with van der Waals surface area (Å²) in [5.74, 6) is -0.936. The summed E-state index contributed by atoms with van der Waals surface area (Å²) in [5, 5.41) is 13.5. The lowest BCUT2D eigenvalue weighted by atomic mass is 9.89. The minimum atomic E-state index is -2.21. The zero-order chi connectivity index (χ0) is 21.7. The van der Waals surface area contributed by atoms with E-state index in [4.69, 9.17) is 9.47 Å². The molecule has 8 heteroatoms. The number of rotatable bonds is 9. The fourth-order valence-electron chi connectivity index (χ4n) is 3.56. The lowest BCUT2D eigenvalue weighted by Crippen LogP contribution is -2.31. The first-order valence-electron chi connectivity index (χ1n) is 9.86. The van der Waals surface area contributed by atoms with Gasteiger partial charge in [-0.15, -0.1) is 0 Å². The number of carbonyl (C=O) groups is 2. The number of phenols is 1. The SMILES string of the molecule is CCOC(=O)[C@H](C)N[PH](=O)C/C(C)=C/Cc1c(O)c2c(c(C)c1CC)COC2=O. The highest BCUT2D eigenvalue weighted by atomic mass is 31.1. The Bertz CT molecular complexity index is 861. The molecule has 0 aromatic heterocycles. The van der Waals surface area contributed by atoms with Crippen molar-refractivity contribution in [2.45, 2.75) is 60.1 Å². The predicted molar refractivity (Wildman–Crippen MR) is 112 cm³/mol. The fraction of sp³-hybridized carbons (Fsp3) is 0.524. The Morgan fingerprint density at radius 2 is 2.07 bits per heavy atom. The molecule has 0 aliphatic carbocycles. The van der Waals surface area contributed by atoms with E-state index in [0.717, 1.165) is 28.7 Å². The minimum absolute atomic E-state index is 0.0179. The number of benzene rings is 1. The summed E-state index contributed by atoms with van der Waals surface area (Å²) in [7, 11) is -2.21. The summed E-state index contributed by atoms with van der Waals surface area (Å²) in [6.45, 7) is 9.63. The first-order chi connectivity index (χ1) is 13.7. The van der Waals surface area contributed by atoms with E-state index in [-0.39, 0.29) is 24.5 Å². The summed E-state index contributed by atoms with van der Waals surface area (Å²) in [6, 6.07) is -0.629. The molecular weight excluding hydrogens is 393 g/mol. The number of nitrogens with one attached hydrogen (secondary N) is 1. The first-order valence-corrected chi connectivity index (χ1v) is 11.5. The summed E-state index contributed by atoms with van der Waals surface area (Å²) in [4.78, 5) is 23.6. The third kappa shape index (κ3) is 5.28. The van der Waals surface area contributed by atoms with Gasteiger partial charge in [0.05, 0.1) is 6.61 Å². The average Bonchev–Trinajstić information content (AvgIpc) is 3.05. The highest BCUT2D eigenvalue weighted by Crippen LogP contribution is 2.38. The van der Waals surface area contributed by atoms with Crippen molar-refractivity contribution in [2.24, 2.45) is 0 Å². The molecule has 1 heterocycles. The fourth-order valence-corrected chi connectivity index (χ4v) is 4.92. The van der Waals surface area contributed by atoms with Crippen molar-refractivity contribution >= 4 is 19.9 Å². The highest BCUT2D eigenvalue weighted by molar-refractivity contribution is 7.42. The maximum Gasteiger partial charge on any atom is 0.342 e. The summed E-state index contributed by atoms with van der Waals surface area (Å²) in [5.41, 5.74) is 4.58. The van der Waals surface area contributed by atoms with E-state index >= 15 is 0 Å². The molecule has 160 valence electrons. The van der Waals surface area contributed by atoms with Gasteiger partial charge in [0.2, 0.25) is 0 Å². The second-order valence-corrected chi connectivity index (χ2v) is 8.68. The number of cyclic esters (lactones) is 1. The number of hydrogen-bond donors (Lipinski definition) is 2. The normalized spacial score (nSPS) is 15.6. The molecule has 0 bridgehead atoms. The van der Waals surface area contributed by atoms with Crippen molar-refractivity contribution in [3.8, 4) is 5.75 Å². The highest BCUT2D eigenvalue weighted by Gasteiger charge is 2.30. The van der Waals surface area contributed by atoms with Gasteiger partial charge in [0, 0.05) is 17.3 Å². The Balaban J connectivity index is 2.14. The average molecular weight is 423 g/mol. The van der Waals surface area contributed by atoms with Crippen LogP contribution in [0.1, 0.15) is 60.3 Å². The second-order valence-electron chi connectivity index (χ2n) is 7.19. The van der Waals surface area contributed by atoms with Crippen molar-refractivity contribution in [1.82, 2.24) is 5.09 Å². The Morgan fingerprint density at radius 3 is 2.69 bits per heavy atom. The van der Waals surface area contributed by atoms with Gasteiger partial charge in [-0.2, -0.15) is 0 Å². The van der Waals surface area contributed by atoms with E-state index in [1.54, 1.807) is 13.8 Å². The van der Waals surface area contributed by atoms with Gasteiger partial charge in [0.15, 0.2) is 0 Å². The van der Waals surface area contributed by atoms with Gasteiger partial charge in [0.1, 0.15) is 31.9 Å². The van der Waals surface area contributed by atoms with Gasteiger partial charge in [-0.1, -0.05) is 18.6 Å². The van der Waals surface area contributed by atoms with Gasteiger partial charge < -0.3 is 19.1 Å². The lowest BCUT2D eigenvalue weighted by molar-refractivity contribution is -0.144. The number of carbonyl (C=O) groups excluding carboxylic acids is 2. The number of allylic oxidation sites excluding steroid dienone is 2. The van der Waals surface area contributed by atoms with Crippen LogP contribution < -0.4 is 5.09 Å². The third-order valence-corrected chi connectivity index (χ3v) is 6.74. The molecule has 1 aromatic rings. The molecule has 0 saturated carbocycles. The number of hydrogen-bond acceptors (Lipinski definition) is 6. The molecule has 1 aliphatic heterocycles. The molecule has 0 radical (unpaired) electrons. The summed E-state index contributed by atoms with van der Waals surface area (Å²) >= 11 is 0. The Morgan fingerprint density at radius 1 is 1.38 bits per heavy atom. The molecule has 0 spiro atoms. The number of phenolic OH excluding ortho intramolecular Hbond substituents is 1. The van der Waals surface area contributed by atoms with E-state index in [2.05, 4.69) is 5.09 Å². The standard InChI is InChI=1S/C21H30NO6P/c1-6-15-13(4)17-10-28-21(25)18(17)19(23)16(15)9-8-12(3)11-29(26)22-14(5)20(24)27-7-2/h8,14,23,29H,6-7,9-11H2,1-5H3,(H,22,26)/b12-8+/t14-/m0/s1. The van der Waals surface area contributed by atoms with Crippen molar-refractivity contribution < 1.29 is 28.7 Å². The van der Waals surface area contributed by atoms with Crippen LogP contribution in [0.3, 0.4) is 0 Å². The van der Waals surface area contributed by atoms with Crippen molar-refractivity contribution in [1.29, 1.82) is 0 Å². The summed E-state index contributed by atoms with van der Waals surface area (Å²) in [6.07, 6.45) is 3.35. The van der Waals surface area contributed by atoms with Crippen LogP contribution >= 0.6 is 7.95 Å². The molecule has 7 nitrogen and oxygen atoms in total. The van der Waals surface area contributed by atoms with Crippen molar-refractivity contribution in [3.05, 3.63) is 39.5 Å². The van der Waals surface area contributed by atoms with Crippen LogP contribution in [0.2, 0.25) is 0 Å². The monoisotopic (exact) mass is 423 g/mol. The van der Waals surface area contributed by atoms with Crippen LogP contribution in [-0.2, 0) is 38.3 Å². The molecule has 1 unspecified atom stereocenters. The Labute approximate surface area is 172 Å². The molecule has 0 fully saturated rings. The van der Waals surface area contributed by atoms with Crippen LogP contribution in [0.5, 0.6) is 5.75 Å². The lowest BCUT2D eigenvalue weighted by Gasteiger charge is -2.16. The molecule has 29 heavy (non-hydrogen) atoms. The van der Waals surface area contributed by atoms with Gasteiger partial charge >= 0.3 is 11.9 Å². The zero-order valence-corrected chi connectivity index (χ0v) is 18.7. The molecule has 2 N–H and O–H groups in total. The number of fused-ring (bicyclic) bond motifs is 1. The predicted octanol–water partition coefficient (Wildman–Crippen LogP) is 3.44. The first kappa shape index (κ1) is 23.2. The molecule has 1 aliphatic rings. The molecule has 2 atom stereocenters. The topological polar surface area (TPSA) is 102 Å². The quantitative estimate of drug-likeness (QED) is 0.356. The molecular formula is C21H30NO6P. The van der Waals surface area contributed by atoms with E-state index in [9.17, 15) is 19.3 Å². The number of aromatic hydroxyl groups is 1. The van der Waals surface area contributed by atoms with Gasteiger partial charge in [0.25, 0.3) is 0 Å². The molecule has 0 saturated heterocycles. The number of ether oxygens (including phenoxy) is 2. The Kier molecular flexibility index (Phi) is 8.05. The number of esters is 2. The molecule has 0 amide bonds. The molecule has 2 rings (SSSR count). The van der Waals surface area contributed by atoms with Crippen LogP contribution in [0.15, 0.2) is 11.6 Å². The van der Waals surface area contributed by atoms with E-state index in [1.807, 2.05) is 26.8 Å². The molecule has 1 aromatic carbocycles. The van der Waals surface area contributed by atoms with Crippen molar-refractivity contribution in [2.75, 3.05) is 12.8 Å². The Hall–Kier alpha value is -2.11. The van der Waals surface area contributed by atoms with Crippen molar-refractivity contribution in [3.63, 3.8) is 0 Å². The van der Waals surface area contributed by atoms with Crippen LogP contribution in [0.4, 0.5) is 0 Å².